The summed E-state index contributed by atoms with van der Waals surface area (Å²) in [5.41, 5.74) is 12.5. The van der Waals surface area contributed by atoms with Gasteiger partial charge in [0.15, 0.2) is 0 Å². The van der Waals surface area contributed by atoms with Crippen LogP contribution in [0, 0.1) is 12.8 Å². The number of benzene rings is 2. The predicted octanol–water partition coefficient (Wildman–Crippen LogP) is 5.55. The Bertz CT molecular complexity index is 1220. The summed E-state index contributed by atoms with van der Waals surface area (Å²) in [6.45, 7) is 8.00. The molecule has 6 nitrogen and oxygen atoms in total. The van der Waals surface area contributed by atoms with E-state index in [1.54, 1.807) is 11.3 Å². The van der Waals surface area contributed by atoms with Gasteiger partial charge in [0.1, 0.15) is 5.82 Å². The zero-order valence-corrected chi connectivity index (χ0v) is 21.4. The fourth-order valence-corrected chi connectivity index (χ4v) is 4.87. The van der Waals surface area contributed by atoms with Crippen LogP contribution in [0.4, 0.5) is 0 Å². The van der Waals surface area contributed by atoms with E-state index in [4.69, 9.17) is 10.7 Å². The summed E-state index contributed by atoms with van der Waals surface area (Å²) in [6.07, 6.45) is 2.80. The molecule has 2 aromatic heterocycles. The number of hydrogen-bond acceptors (Lipinski definition) is 5. The van der Waals surface area contributed by atoms with Crippen LogP contribution in [0.3, 0.4) is 0 Å². The molecule has 2 aromatic carbocycles. The van der Waals surface area contributed by atoms with Crippen molar-refractivity contribution in [1.29, 1.82) is 0 Å². The molecule has 4 rings (SSSR count). The quantitative estimate of drug-likeness (QED) is 0.318. The van der Waals surface area contributed by atoms with Gasteiger partial charge in [0.2, 0.25) is 0 Å². The highest BCUT2D eigenvalue weighted by molar-refractivity contribution is 7.07. The van der Waals surface area contributed by atoms with Crippen LogP contribution in [-0.4, -0.2) is 38.4 Å². The van der Waals surface area contributed by atoms with Crippen LogP contribution < -0.4 is 5.73 Å². The molecular weight excluding hydrogens is 454 g/mol. The van der Waals surface area contributed by atoms with Crippen LogP contribution in [0.1, 0.15) is 53.7 Å². The number of nitrogens with zero attached hydrogens (tertiary/aromatic N) is 4. The van der Waals surface area contributed by atoms with E-state index >= 15 is 0 Å². The molecule has 0 aliphatic heterocycles. The van der Waals surface area contributed by atoms with Gasteiger partial charge in [-0.1, -0.05) is 61.9 Å². The number of hydrogen-bond donors (Lipinski definition) is 1. The number of amides is 1. The summed E-state index contributed by atoms with van der Waals surface area (Å²) < 4.78 is 2.15. The molecule has 0 unspecified atom stereocenters. The lowest BCUT2D eigenvalue weighted by molar-refractivity contribution is 0.0604. The van der Waals surface area contributed by atoms with E-state index in [2.05, 4.69) is 47.1 Å². The average Bonchev–Trinajstić information content (AvgIpc) is 3.52. The standard InChI is InChI=1S/C28H33N5OS/c1-20(2)26(33(15-7-14-29)28(34)23-12-10-21(3)11-13-23)27-31-25(22-8-5-4-6-9-22)17-32(27)16-24-18-35-19-30-24/h4-6,8-13,17-20,26H,7,14-16,29H2,1-3H3/t26-/m1/s1. The van der Waals surface area contributed by atoms with Crippen LogP contribution in [-0.2, 0) is 6.54 Å². The van der Waals surface area contributed by atoms with E-state index in [9.17, 15) is 4.79 Å². The third-order valence-electron chi connectivity index (χ3n) is 6.09. The normalized spacial score (nSPS) is 12.1. The van der Waals surface area contributed by atoms with Crippen molar-refractivity contribution in [3.8, 4) is 11.3 Å². The number of carbonyl (C=O) groups excluding carboxylic acids is 1. The van der Waals surface area contributed by atoms with Crippen molar-refractivity contribution in [1.82, 2.24) is 19.4 Å². The molecule has 0 spiro atoms. The molecule has 7 heteroatoms. The van der Waals surface area contributed by atoms with E-state index in [1.807, 2.05) is 59.8 Å². The van der Waals surface area contributed by atoms with E-state index < -0.39 is 0 Å². The van der Waals surface area contributed by atoms with Crippen LogP contribution in [0.25, 0.3) is 11.3 Å². The molecule has 0 bridgehead atoms. The smallest absolute Gasteiger partial charge is 0.254 e. The maximum Gasteiger partial charge on any atom is 0.254 e. The van der Waals surface area contributed by atoms with Crippen LogP contribution in [0.15, 0.2) is 71.7 Å². The van der Waals surface area contributed by atoms with E-state index in [-0.39, 0.29) is 17.9 Å². The monoisotopic (exact) mass is 487 g/mol. The molecule has 2 N–H and O–H groups in total. The highest BCUT2D eigenvalue weighted by atomic mass is 32.1. The second kappa shape index (κ2) is 11.4. The van der Waals surface area contributed by atoms with Crippen molar-refractivity contribution in [2.45, 2.75) is 39.8 Å². The first-order valence-electron chi connectivity index (χ1n) is 12.0. The second-order valence-electron chi connectivity index (χ2n) is 9.15. The van der Waals surface area contributed by atoms with Gasteiger partial charge in [-0.15, -0.1) is 11.3 Å². The number of imidazole rings is 1. The molecule has 0 fully saturated rings. The van der Waals surface area contributed by atoms with Gasteiger partial charge in [0, 0.05) is 29.2 Å². The van der Waals surface area contributed by atoms with Gasteiger partial charge in [-0.3, -0.25) is 4.79 Å². The SMILES string of the molecule is Cc1ccc(C(=O)N(CCCN)[C@@H](c2nc(-c3ccccc3)cn2Cc2cscn2)C(C)C)cc1. The molecule has 1 amide bonds. The first kappa shape index (κ1) is 24.8. The Kier molecular flexibility index (Phi) is 8.10. The van der Waals surface area contributed by atoms with E-state index in [0.29, 0.717) is 25.2 Å². The molecule has 0 radical (unpaired) electrons. The van der Waals surface area contributed by atoms with Crippen LogP contribution in [0.5, 0.6) is 0 Å². The Morgan fingerprint density at radius 1 is 1.11 bits per heavy atom. The second-order valence-corrected chi connectivity index (χ2v) is 9.87. The van der Waals surface area contributed by atoms with Crippen molar-refractivity contribution in [3.63, 3.8) is 0 Å². The van der Waals surface area contributed by atoms with Gasteiger partial charge in [-0.05, 0) is 37.9 Å². The highest BCUT2D eigenvalue weighted by Crippen LogP contribution is 2.32. The Morgan fingerprint density at radius 3 is 2.49 bits per heavy atom. The zero-order valence-electron chi connectivity index (χ0n) is 20.6. The first-order chi connectivity index (χ1) is 17.0. The van der Waals surface area contributed by atoms with Gasteiger partial charge in [0.25, 0.3) is 5.91 Å². The summed E-state index contributed by atoms with van der Waals surface area (Å²) in [7, 11) is 0. The molecule has 0 saturated heterocycles. The summed E-state index contributed by atoms with van der Waals surface area (Å²) in [5.74, 6) is 1.01. The fourth-order valence-electron chi connectivity index (χ4n) is 4.32. The Hall–Kier alpha value is -3.29. The molecule has 0 saturated carbocycles. The molecule has 1 atom stereocenters. The van der Waals surface area contributed by atoms with Gasteiger partial charge in [0.05, 0.1) is 29.5 Å². The predicted molar refractivity (Wildman–Crippen MR) is 142 cm³/mol. The summed E-state index contributed by atoms with van der Waals surface area (Å²) in [4.78, 5) is 25.4. The van der Waals surface area contributed by atoms with Crippen LogP contribution >= 0.6 is 11.3 Å². The largest absolute Gasteiger partial charge is 0.330 e. The Balaban J connectivity index is 1.80. The number of rotatable bonds is 10. The van der Waals surface area contributed by atoms with E-state index in [0.717, 1.165) is 34.8 Å². The lowest BCUT2D eigenvalue weighted by atomic mass is 9.99. The van der Waals surface area contributed by atoms with Crippen molar-refractivity contribution in [3.05, 3.63) is 94.3 Å². The Labute approximate surface area is 211 Å². The lowest BCUT2D eigenvalue weighted by Gasteiger charge is -2.34. The molecule has 182 valence electrons. The van der Waals surface area contributed by atoms with Gasteiger partial charge in [-0.25, -0.2) is 9.97 Å². The number of aromatic nitrogens is 3. The van der Waals surface area contributed by atoms with Crippen molar-refractivity contribution in [2.75, 3.05) is 13.1 Å². The maximum absolute atomic E-state index is 13.8. The molecule has 35 heavy (non-hydrogen) atoms. The van der Waals surface area contributed by atoms with Crippen molar-refractivity contribution >= 4 is 17.2 Å². The average molecular weight is 488 g/mol. The first-order valence-corrected chi connectivity index (χ1v) is 13.0. The van der Waals surface area contributed by atoms with Gasteiger partial charge in [-0.2, -0.15) is 0 Å². The third kappa shape index (κ3) is 5.86. The van der Waals surface area contributed by atoms with Gasteiger partial charge < -0.3 is 15.2 Å². The number of aryl methyl sites for hydroxylation is 1. The fraction of sp³-hybridized carbons (Fsp3) is 0.321. The van der Waals surface area contributed by atoms with Crippen molar-refractivity contribution in [2.24, 2.45) is 11.7 Å². The molecule has 2 heterocycles. The third-order valence-corrected chi connectivity index (χ3v) is 6.72. The summed E-state index contributed by atoms with van der Waals surface area (Å²) in [5, 5.41) is 2.06. The Morgan fingerprint density at radius 2 is 1.86 bits per heavy atom. The number of nitrogens with two attached hydrogens (primary N) is 1. The topological polar surface area (TPSA) is 77.0 Å². The minimum atomic E-state index is -0.216. The summed E-state index contributed by atoms with van der Waals surface area (Å²) >= 11 is 1.58. The molecule has 0 aliphatic carbocycles. The minimum Gasteiger partial charge on any atom is -0.330 e. The number of carbonyl (C=O) groups is 1. The molecule has 0 aliphatic rings. The zero-order chi connectivity index (χ0) is 24.8. The minimum absolute atomic E-state index is 0.00150. The van der Waals surface area contributed by atoms with Crippen molar-refractivity contribution < 1.29 is 4.79 Å². The number of thiazole rings is 1. The lowest BCUT2D eigenvalue weighted by Crippen LogP contribution is -2.40. The molecular formula is C28H33N5OS. The highest BCUT2D eigenvalue weighted by Gasteiger charge is 2.32. The maximum atomic E-state index is 13.8. The summed E-state index contributed by atoms with van der Waals surface area (Å²) in [6, 6.07) is 17.7. The van der Waals surface area contributed by atoms with Gasteiger partial charge >= 0.3 is 0 Å². The van der Waals surface area contributed by atoms with E-state index in [1.165, 1.54) is 0 Å². The van der Waals surface area contributed by atoms with Crippen LogP contribution in [0.2, 0.25) is 0 Å². The molecule has 4 aromatic rings.